The molecular formula is C15H22N2O2. The molecule has 1 aromatic rings. The van der Waals surface area contributed by atoms with E-state index in [1.165, 1.54) is 0 Å². The average molecular weight is 262 g/mol. The largest absolute Gasteiger partial charge is 0.385 e. The Labute approximate surface area is 114 Å². The molecule has 1 saturated heterocycles. The van der Waals surface area contributed by atoms with Crippen molar-refractivity contribution in [2.24, 2.45) is 0 Å². The highest BCUT2D eigenvalue weighted by molar-refractivity contribution is 5.94. The van der Waals surface area contributed by atoms with Crippen molar-refractivity contribution in [1.82, 2.24) is 4.90 Å². The molecular weight excluding hydrogens is 240 g/mol. The number of hydrogen-bond donors (Lipinski definition) is 1. The fraction of sp³-hybridized carbons (Fsp3) is 0.533. The van der Waals surface area contributed by atoms with Crippen LogP contribution in [-0.2, 0) is 4.74 Å². The van der Waals surface area contributed by atoms with Gasteiger partial charge in [-0.1, -0.05) is 0 Å². The summed E-state index contributed by atoms with van der Waals surface area (Å²) in [6.45, 7) is 5.69. The van der Waals surface area contributed by atoms with Crippen LogP contribution in [0.15, 0.2) is 24.3 Å². The minimum atomic E-state index is 0.0606. The van der Waals surface area contributed by atoms with Crippen LogP contribution >= 0.6 is 0 Å². The van der Waals surface area contributed by atoms with Crippen LogP contribution < -0.4 is 5.32 Å². The smallest absolute Gasteiger partial charge is 0.253 e. The van der Waals surface area contributed by atoms with E-state index in [2.05, 4.69) is 5.32 Å². The lowest BCUT2D eigenvalue weighted by molar-refractivity contribution is 0.0574. The van der Waals surface area contributed by atoms with E-state index in [-0.39, 0.29) is 18.1 Å². The SMILES string of the molecule is CCNc1ccc(C(=O)N(C)C2CCOC2C)cc1. The van der Waals surface area contributed by atoms with Gasteiger partial charge in [0.05, 0.1) is 12.1 Å². The van der Waals surface area contributed by atoms with Gasteiger partial charge in [-0.25, -0.2) is 0 Å². The van der Waals surface area contributed by atoms with Gasteiger partial charge in [-0.05, 0) is 44.5 Å². The maximum absolute atomic E-state index is 12.4. The number of rotatable bonds is 4. The molecule has 104 valence electrons. The molecule has 1 N–H and O–H groups in total. The molecule has 2 rings (SSSR count). The minimum absolute atomic E-state index is 0.0606. The Morgan fingerprint density at radius 2 is 2.11 bits per heavy atom. The second-order valence-electron chi connectivity index (χ2n) is 4.96. The second-order valence-corrected chi connectivity index (χ2v) is 4.96. The summed E-state index contributed by atoms with van der Waals surface area (Å²) in [5, 5.41) is 3.22. The lowest BCUT2D eigenvalue weighted by atomic mass is 10.1. The van der Waals surface area contributed by atoms with E-state index in [1.54, 1.807) is 4.90 Å². The Hall–Kier alpha value is -1.55. The third-order valence-corrected chi connectivity index (χ3v) is 3.67. The zero-order chi connectivity index (χ0) is 13.8. The molecule has 4 heteroatoms. The predicted octanol–water partition coefficient (Wildman–Crippen LogP) is 2.37. The normalized spacial score (nSPS) is 22.3. The molecule has 0 bridgehead atoms. The summed E-state index contributed by atoms with van der Waals surface area (Å²) in [4.78, 5) is 14.2. The summed E-state index contributed by atoms with van der Waals surface area (Å²) in [6, 6.07) is 7.81. The fourth-order valence-corrected chi connectivity index (χ4v) is 2.52. The third kappa shape index (κ3) is 3.07. The van der Waals surface area contributed by atoms with Gasteiger partial charge in [0.25, 0.3) is 5.91 Å². The molecule has 0 aromatic heterocycles. The Bertz CT molecular complexity index is 430. The molecule has 0 saturated carbocycles. The van der Waals surface area contributed by atoms with Gasteiger partial charge in [0, 0.05) is 31.5 Å². The Morgan fingerprint density at radius 1 is 1.42 bits per heavy atom. The van der Waals surface area contributed by atoms with E-state index >= 15 is 0 Å². The molecule has 19 heavy (non-hydrogen) atoms. The van der Waals surface area contributed by atoms with E-state index in [0.29, 0.717) is 0 Å². The molecule has 1 aliphatic heterocycles. The molecule has 0 spiro atoms. The Morgan fingerprint density at radius 3 is 2.63 bits per heavy atom. The highest BCUT2D eigenvalue weighted by Crippen LogP contribution is 2.20. The number of nitrogens with one attached hydrogen (secondary N) is 1. The molecule has 1 aromatic carbocycles. The van der Waals surface area contributed by atoms with Gasteiger partial charge in [0.1, 0.15) is 0 Å². The lowest BCUT2D eigenvalue weighted by Crippen LogP contribution is -2.40. The van der Waals surface area contributed by atoms with Gasteiger partial charge in [0.15, 0.2) is 0 Å². The molecule has 2 unspecified atom stereocenters. The summed E-state index contributed by atoms with van der Waals surface area (Å²) in [6.07, 6.45) is 1.04. The van der Waals surface area contributed by atoms with E-state index in [9.17, 15) is 4.79 Å². The van der Waals surface area contributed by atoms with Gasteiger partial charge < -0.3 is 15.0 Å². The molecule has 1 fully saturated rings. The number of ether oxygens (including phenoxy) is 1. The number of carbonyl (C=O) groups is 1. The summed E-state index contributed by atoms with van der Waals surface area (Å²) < 4.78 is 5.52. The molecule has 4 nitrogen and oxygen atoms in total. The van der Waals surface area contributed by atoms with Crippen molar-refractivity contribution >= 4 is 11.6 Å². The maximum atomic E-state index is 12.4. The average Bonchev–Trinajstić information content (AvgIpc) is 2.84. The highest BCUT2D eigenvalue weighted by Gasteiger charge is 2.30. The van der Waals surface area contributed by atoms with Crippen LogP contribution in [0.5, 0.6) is 0 Å². The van der Waals surface area contributed by atoms with E-state index in [1.807, 2.05) is 45.2 Å². The molecule has 1 amide bonds. The van der Waals surface area contributed by atoms with Crippen LogP contribution in [0.3, 0.4) is 0 Å². The molecule has 1 aliphatic rings. The Kier molecular flexibility index (Phi) is 4.43. The van der Waals surface area contributed by atoms with Crippen molar-refractivity contribution in [1.29, 1.82) is 0 Å². The van der Waals surface area contributed by atoms with Crippen molar-refractivity contribution in [3.8, 4) is 0 Å². The zero-order valence-corrected chi connectivity index (χ0v) is 11.8. The molecule has 1 heterocycles. The number of amides is 1. The van der Waals surface area contributed by atoms with Crippen molar-refractivity contribution in [2.75, 3.05) is 25.5 Å². The van der Waals surface area contributed by atoms with Crippen molar-refractivity contribution < 1.29 is 9.53 Å². The molecule has 2 atom stereocenters. The van der Waals surface area contributed by atoms with Crippen LogP contribution in [0.2, 0.25) is 0 Å². The summed E-state index contributed by atoms with van der Waals surface area (Å²) >= 11 is 0. The van der Waals surface area contributed by atoms with E-state index in [4.69, 9.17) is 4.74 Å². The van der Waals surface area contributed by atoms with Crippen LogP contribution in [0.1, 0.15) is 30.6 Å². The van der Waals surface area contributed by atoms with Crippen LogP contribution in [0.25, 0.3) is 0 Å². The van der Waals surface area contributed by atoms with Crippen LogP contribution in [0, 0.1) is 0 Å². The highest BCUT2D eigenvalue weighted by atomic mass is 16.5. The van der Waals surface area contributed by atoms with E-state index < -0.39 is 0 Å². The second kappa shape index (κ2) is 6.06. The first-order chi connectivity index (χ1) is 9.13. The third-order valence-electron chi connectivity index (χ3n) is 3.67. The summed E-state index contributed by atoms with van der Waals surface area (Å²) in [5.41, 5.74) is 1.77. The van der Waals surface area contributed by atoms with Crippen molar-refractivity contribution in [3.05, 3.63) is 29.8 Å². The fourth-order valence-electron chi connectivity index (χ4n) is 2.52. The first-order valence-corrected chi connectivity index (χ1v) is 6.86. The van der Waals surface area contributed by atoms with Gasteiger partial charge in [-0.2, -0.15) is 0 Å². The number of carbonyl (C=O) groups excluding carboxylic acids is 1. The van der Waals surface area contributed by atoms with E-state index in [0.717, 1.165) is 30.8 Å². The summed E-state index contributed by atoms with van der Waals surface area (Å²) in [7, 11) is 1.86. The number of anilines is 1. The van der Waals surface area contributed by atoms with Crippen LogP contribution in [-0.4, -0.2) is 43.2 Å². The number of likely N-dealkylation sites (N-methyl/N-ethyl adjacent to an activating group) is 1. The predicted molar refractivity (Wildman–Crippen MR) is 76.5 cm³/mol. The van der Waals surface area contributed by atoms with Gasteiger partial charge >= 0.3 is 0 Å². The monoisotopic (exact) mass is 262 g/mol. The van der Waals surface area contributed by atoms with Crippen molar-refractivity contribution in [3.63, 3.8) is 0 Å². The standard InChI is InChI=1S/C15H22N2O2/c1-4-16-13-7-5-12(6-8-13)15(18)17(3)14-9-10-19-11(14)2/h5-8,11,14,16H,4,9-10H2,1-3H3. The van der Waals surface area contributed by atoms with Crippen molar-refractivity contribution in [2.45, 2.75) is 32.4 Å². The summed E-state index contributed by atoms with van der Waals surface area (Å²) in [5.74, 6) is 0.0606. The molecule has 0 radical (unpaired) electrons. The first-order valence-electron chi connectivity index (χ1n) is 6.86. The number of benzene rings is 1. The van der Waals surface area contributed by atoms with Crippen LogP contribution in [0.4, 0.5) is 5.69 Å². The maximum Gasteiger partial charge on any atom is 0.253 e. The van der Waals surface area contributed by atoms with Gasteiger partial charge in [-0.15, -0.1) is 0 Å². The number of nitrogens with zero attached hydrogens (tertiary/aromatic N) is 1. The van der Waals surface area contributed by atoms with Gasteiger partial charge in [0.2, 0.25) is 0 Å². The first kappa shape index (κ1) is 13.9. The zero-order valence-electron chi connectivity index (χ0n) is 11.8. The van der Waals surface area contributed by atoms with Gasteiger partial charge in [-0.3, -0.25) is 4.79 Å². The quantitative estimate of drug-likeness (QED) is 0.905. The topological polar surface area (TPSA) is 41.6 Å². The number of hydrogen-bond acceptors (Lipinski definition) is 3. The minimum Gasteiger partial charge on any atom is -0.385 e. The lowest BCUT2D eigenvalue weighted by Gasteiger charge is -2.26. The molecule has 0 aliphatic carbocycles. The Balaban J connectivity index is 2.06.